The highest BCUT2D eigenvalue weighted by molar-refractivity contribution is 7.07. The number of thiazole rings is 1. The molecule has 7 heteroatoms. The van der Waals surface area contributed by atoms with Gasteiger partial charge in [-0.25, -0.2) is 14.8 Å². The number of hydrogen-bond donors (Lipinski definition) is 1. The Morgan fingerprint density at radius 2 is 2.30 bits per heavy atom. The summed E-state index contributed by atoms with van der Waals surface area (Å²) in [5.74, 6) is 0.857. The molecule has 0 aliphatic carbocycles. The van der Waals surface area contributed by atoms with E-state index < -0.39 is 0 Å². The summed E-state index contributed by atoms with van der Waals surface area (Å²) < 4.78 is 2.04. The summed E-state index contributed by atoms with van der Waals surface area (Å²) in [5.41, 5.74) is 2.66. The number of aromatic nitrogens is 3. The molecule has 0 spiro atoms. The van der Waals surface area contributed by atoms with Gasteiger partial charge in [-0.3, -0.25) is 0 Å². The van der Waals surface area contributed by atoms with Gasteiger partial charge < -0.3 is 14.8 Å². The molecule has 20 heavy (non-hydrogen) atoms. The lowest BCUT2D eigenvalue weighted by Crippen LogP contribution is -2.37. The van der Waals surface area contributed by atoms with E-state index in [1.807, 2.05) is 16.1 Å². The summed E-state index contributed by atoms with van der Waals surface area (Å²) in [6.45, 7) is 5.10. The fourth-order valence-electron chi connectivity index (χ4n) is 1.87. The Hall–Kier alpha value is -1.89. The molecule has 0 aliphatic heterocycles. The highest BCUT2D eigenvalue weighted by atomic mass is 32.1. The molecule has 0 unspecified atom stereocenters. The van der Waals surface area contributed by atoms with Gasteiger partial charge in [-0.2, -0.15) is 0 Å². The Bertz CT molecular complexity index is 549. The predicted molar refractivity (Wildman–Crippen MR) is 78.4 cm³/mol. The van der Waals surface area contributed by atoms with Crippen LogP contribution in [0.3, 0.4) is 0 Å². The molecular weight excluding hydrogens is 274 g/mol. The second-order valence-corrected chi connectivity index (χ2v) is 5.56. The maximum absolute atomic E-state index is 12.0. The number of nitrogens with one attached hydrogen (secondary N) is 1. The van der Waals surface area contributed by atoms with Gasteiger partial charge in [0, 0.05) is 30.9 Å². The van der Waals surface area contributed by atoms with Crippen molar-refractivity contribution in [2.24, 2.45) is 0 Å². The van der Waals surface area contributed by atoms with Crippen LogP contribution in [0, 0.1) is 0 Å². The van der Waals surface area contributed by atoms with E-state index in [0.717, 1.165) is 11.5 Å². The normalized spacial score (nSPS) is 10.8. The molecule has 2 heterocycles. The Morgan fingerprint density at radius 3 is 2.95 bits per heavy atom. The van der Waals surface area contributed by atoms with E-state index in [2.05, 4.69) is 29.1 Å². The fraction of sp³-hybridized carbons (Fsp3) is 0.462. The van der Waals surface area contributed by atoms with Gasteiger partial charge in [-0.05, 0) is 13.8 Å². The molecule has 2 rings (SSSR count). The zero-order valence-corrected chi connectivity index (χ0v) is 12.7. The largest absolute Gasteiger partial charge is 0.331 e. The molecule has 108 valence electrons. The highest BCUT2D eigenvalue weighted by Crippen LogP contribution is 2.08. The monoisotopic (exact) mass is 293 g/mol. The minimum atomic E-state index is -0.128. The van der Waals surface area contributed by atoms with Crippen LogP contribution in [0.2, 0.25) is 0 Å². The van der Waals surface area contributed by atoms with Crippen LogP contribution in [0.1, 0.15) is 31.4 Å². The molecule has 1 N–H and O–H groups in total. The number of carbonyl (C=O) groups is 1. The average Bonchev–Trinajstić information content (AvgIpc) is 3.06. The van der Waals surface area contributed by atoms with Crippen molar-refractivity contribution in [1.29, 1.82) is 0 Å². The van der Waals surface area contributed by atoms with Crippen LogP contribution in [0.5, 0.6) is 0 Å². The van der Waals surface area contributed by atoms with E-state index in [1.54, 1.807) is 23.7 Å². The number of hydrogen-bond acceptors (Lipinski definition) is 4. The third-order valence-corrected chi connectivity index (χ3v) is 3.57. The van der Waals surface area contributed by atoms with Gasteiger partial charge in [0.15, 0.2) is 0 Å². The quantitative estimate of drug-likeness (QED) is 0.919. The van der Waals surface area contributed by atoms with Gasteiger partial charge in [-0.1, -0.05) is 0 Å². The second kappa shape index (κ2) is 6.51. The third kappa shape index (κ3) is 3.57. The van der Waals surface area contributed by atoms with Gasteiger partial charge >= 0.3 is 6.03 Å². The fourth-order valence-corrected chi connectivity index (χ4v) is 2.42. The maximum Gasteiger partial charge on any atom is 0.317 e. The lowest BCUT2D eigenvalue weighted by Gasteiger charge is -2.17. The summed E-state index contributed by atoms with van der Waals surface area (Å²) in [7, 11) is 1.75. The number of carbonyl (C=O) groups excluding carboxylic acids is 1. The Kier molecular flexibility index (Phi) is 4.73. The van der Waals surface area contributed by atoms with Crippen LogP contribution >= 0.6 is 11.3 Å². The molecule has 0 aliphatic rings. The van der Waals surface area contributed by atoms with Crippen molar-refractivity contribution in [3.63, 3.8) is 0 Å². The number of amides is 2. The van der Waals surface area contributed by atoms with Crippen molar-refractivity contribution in [2.45, 2.75) is 33.0 Å². The summed E-state index contributed by atoms with van der Waals surface area (Å²) in [6.07, 6.45) is 3.67. The second-order valence-electron chi connectivity index (χ2n) is 4.84. The molecule has 0 atom stereocenters. The van der Waals surface area contributed by atoms with Gasteiger partial charge in [0.05, 0.1) is 24.3 Å². The summed E-state index contributed by atoms with van der Waals surface area (Å²) in [4.78, 5) is 22.0. The Balaban J connectivity index is 1.87. The molecule has 0 radical (unpaired) electrons. The van der Waals surface area contributed by atoms with Crippen LogP contribution in [-0.4, -0.2) is 32.5 Å². The number of rotatable bonds is 5. The molecule has 2 amide bonds. The molecule has 2 aromatic heterocycles. The maximum atomic E-state index is 12.0. The zero-order valence-electron chi connectivity index (χ0n) is 11.9. The number of nitrogens with zero attached hydrogens (tertiary/aromatic N) is 4. The molecule has 0 saturated carbocycles. The van der Waals surface area contributed by atoms with Crippen LogP contribution in [-0.2, 0) is 13.1 Å². The average molecular weight is 293 g/mol. The highest BCUT2D eigenvalue weighted by Gasteiger charge is 2.12. The van der Waals surface area contributed by atoms with Crippen molar-refractivity contribution in [3.8, 4) is 0 Å². The zero-order chi connectivity index (χ0) is 14.5. The first kappa shape index (κ1) is 14.5. The van der Waals surface area contributed by atoms with Gasteiger partial charge in [-0.15, -0.1) is 11.3 Å². The molecule has 0 fully saturated rings. The number of imidazole rings is 1. The smallest absolute Gasteiger partial charge is 0.317 e. The molecule has 0 aromatic carbocycles. The molecule has 2 aromatic rings. The minimum absolute atomic E-state index is 0.128. The van der Waals surface area contributed by atoms with E-state index in [0.29, 0.717) is 19.1 Å². The van der Waals surface area contributed by atoms with Crippen molar-refractivity contribution in [1.82, 2.24) is 24.8 Å². The Labute approximate surface area is 122 Å². The molecule has 0 bridgehead atoms. The van der Waals surface area contributed by atoms with Crippen molar-refractivity contribution in [3.05, 3.63) is 34.8 Å². The predicted octanol–water partition coefficient (Wildman–Crippen LogP) is 2.26. The van der Waals surface area contributed by atoms with Crippen molar-refractivity contribution < 1.29 is 4.79 Å². The van der Waals surface area contributed by atoms with E-state index in [1.165, 1.54) is 11.3 Å². The topological polar surface area (TPSA) is 63.1 Å². The summed E-state index contributed by atoms with van der Waals surface area (Å²) in [6, 6.07) is 0.202. The summed E-state index contributed by atoms with van der Waals surface area (Å²) >= 11 is 1.53. The van der Waals surface area contributed by atoms with E-state index in [-0.39, 0.29) is 6.03 Å². The standard InChI is InChI=1S/C13H19N5OS/c1-10(2)18-5-4-14-12(18)6-15-13(19)17(3)7-11-8-20-9-16-11/h4-5,8-10H,6-7H2,1-3H3,(H,15,19). The van der Waals surface area contributed by atoms with Crippen molar-refractivity contribution >= 4 is 17.4 Å². The lowest BCUT2D eigenvalue weighted by molar-refractivity contribution is 0.205. The Morgan fingerprint density at radius 1 is 1.50 bits per heavy atom. The van der Waals surface area contributed by atoms with Crippen LogP contribution in [0.25, 0.3) is 0 Å². The van der Waals surface area contributed by atoms with Crippen LogP contribution < -0.4 is 5.32 Å². The summed E-state index contributed by atoms with van der Waals surface area (Å²) in [5, 5.41) is 4.81. The first-order valence-corrected chi connectivity index (χ1v) is 7.40. The van der Waals surface area contributed by atoms with Crippen molar-refractivity contribution in [2.75, 3.05) is 7.05 Å². The third-order valence-electron chi connectivity index (χ3n) is 2.93. The lowest BCUT2D eigenvalue weighted by atomic mass is 10.4. The van der Waals surface area contributed by atoms with E-state index in [9.17, 15) is 4.79 Å². The van der Waals surface area contributed by atoms with Crippen LogP contribution in [0.4, 0.5) is 4.79 Å². The number of urea groups is 1. The SMILES string of the molecule is CC(C)n1ccnc1CNC(=O)N(C)Cc1cscn1. The molecule has 6 nitrogen and oxygen atoms in total. The first-order valence-electron chi connectivity index (χ1n) is 6.45. The van der Waals surface area contributed by atoms with Crippen LogP contribution in [0.15, 0.2) is 23.3 Å². The molecular formula is C13H19N5OS. The minimum Gasteiger partial charge on any atom is -0.331 e. The van der Waals surface area contributed by atoms with Gasteiger partial charge in [0.1, 0.15) is 5.82 Å². The van der Waals surface area contributed by atoms with E-state index in [4.69, 9.17) is 0 Å². The van der Waals surface area contributed by atoms with Gasteiger partial charge in [0.2, 0.25) is 0 Å². The molecule has 0 saturated heterocycles. The first-order chi connectivity index (χ1) is 9.58. The van der Waals surface area contributed by atoms with Gasteiger partial charge in [0.25, 0.3) is 0 Å². The van der Waals surface area contributed by atoms with E-state index >= 15 is 0 Å².